The Morgan fingerprint density at radius 1 is 1.00 bits per heavy atom. The van der Waals surface area contributed by atoms with E-state index in [2.05, 4.69) is 5.32 Å². The van der Waals surface area contributed by atoms with Crippen LogP contribution in [0.5, 0.6) is 0 Å². The van der Waals surface area contributed by atoms with Crippen molar-refractivity contribution in [3.05, 3.63) is 64.7 Å². The molecule has 1 heterocycles. The smallest absolute Gasteiger partial charge is 0.310 e. The average molecular weight is 448 g/mol. The predicted octanol–water partition coefficient (Wildman–Crippen LogP) is 3.31. The summed E-state index contributed by atoms with van der Waals surface area (Å²) < 4.78 is 50.0. The molecule has 2 amide bonds. The first-order valence-electron chi connectivity index (χ1n) is 9.49. The summed E-state index contributed by atoms with van der Waals surface area (Å²) in [5.74, 6) is -7.02. The van der Waals surface area contributed by atoms with Crippen molar-refractivity contribution >= 4 is 34.4 Å². The highest BCUT2D eigenvalue weighted by atomic mass is 19.2. The minimum Gasteiger partial charge on any atom is -0.464 e. The van der Waals surface area contributed by atoms with Gasteiger partial charge in [-0.15, -0.1) is 0 Å². The van der Waals surface area contributed by atoms with E-state index in [1.807, 2.05) is 31.3 Å². The molecule has 0 aliphatic heterocycles. The van der Waals surface area contributed by atoms with Crippen LogP contribution in [0.3, 0.4) is 0 Å². The van der Waals surface area contributed by atoms with Crippen LogP contribution in [0, 0.1) is 31.3 Å². The summed E-state index contributed by atoms with van der Waals surface area (Å²) in [7, 11) is 0. The Hall–Kier alpha value is -3.82. The highest BCUT2D eigenvalue weighted by molar-refractivity contribution is 5.95. The van der Waals surface area contributed by atoms with Crippen LogP contribution in [0.25, 0.3) is 11.0 Å². The predicted molar refractivity (Wildman–Crippen MR) is 108 cm³/mol. The molecule has 1 aromatic heterocycles. The number of benzene rings is 2. The Morgan fingerprint density at radius 2 is 1.75 bits per heavy atom. The number of rotatable bonds is 7. The highest BCUT2D eigenvalue weighted by Gasteiger charge is 2.17. The van der Waals surface area contributed by atoms with Crippen molar-refractivity contribution in [1.29, 1.82) is 0 Å². The number of ether oxygens (including phenoxy) is 1. The van der Waals surface area contributed by atoms with E-state index in [0.717, 1.165) is 22.6 Å². The van der Waals surface area contributed by atoms with E-state index < -0.39 is 54.1 Å². The number of fused-ring (bicyclic) bond motifs is 1. The monoisotopic (exact) mass is 448 g/mol. The van der Waals surface area contributed by atoms with Gasteiger partial charge < -0.3 is 19.8 Å². The normalized spacial score (nSPS) is 10.8. The second kappa shape index (κ2) is 9.54. The molecule has 7 nitrogen and oxygen atoms in total. The van der Waals surface area contributed by atoms with E-state index in [4.69, 9.17) is 9.15 Å². The minimum atomic E-state index is -1.73. The van der Waals surface area contributed by atoms with Crippen molar-refractivity contribution in [3.63, 3.8) is 0 Å². The SMILES string of the molecule is Cc1ccc2c(CC(=O)OCC(=O)NCC(=O)Nc3ccc(F)c(F)c3F)coc2c1C. The number of amides is 2. The first kappa shape index (κ1) is 22.9. The van der Waals surface area contributed by atoms with Crippen molar-refractivity contribution < 1.29 is 36.7 Å². The van der Waals surface area contributed by atoms with Crippen LogP contribution in [-0.4, -0.2) is 30.9 Å². The van der Waals surface area contributed by atoms with E-state index in [1.54, 1.807) is 0 Å². The number of nitrogens with one attached hydrogen (secondary N) is 2. The lowest BCUT2D eigenvalue weighted by atomic mass is 10.0. The summed E-state index contributed by atoms with van der Waals surface area (Å²) >= 11 is 0. The van der Waals surface area contributed by atoms with Crippen molar-refractivity contribution in [1.82, 2.24) is 5.32 Å². The second-order valence-electron chi connectivity index (χ2n) is 7.03. The molecule has 0 fully saturated rings. The zero-order chi connectivity index (χ0) is 23.4. The third kappa shape index (κ3) is 5.08. The van der Waals surface area contributed by atoms with Crippen LogP contribution in [0.2, 0.25) is 0 Å². The lowest BCUT2D eigenvalue weighted by Crippen LogP contribution is -2.35. The zero-order valence-corrected chi connectivity index (χ0v) is 17.2. The lowest BCUT2D eigenvalue weighted by molar-refractivity contribution is -0.147. The third-order valence-corrected chi connectivity index (χ3v) is 4.80. The largest absolute Gasteiger partial charge is 0.464 e. The van der Waals surface area contributed by atoms with Gasteiger partial charge in [-0.05, 0) is 37.1 Å². The molecule has 0 atom stereocenters. The fourth-order valence-corrected chi connectivity index (χ4v) is 2.92. The Balaban J connectivity index is 1.46. The summed E-state index contributed by atoms with van der Waals surface area (Å²) in [4.78, 5) is 35.6. The zero-order valence-electron chi connectivity index (χ0n) is 17.2. The van der Waals surface area contributed by atoms with Crippen molar-refractivity contribution in [2.24, 2.45) is 0 Å². The van der Waals surface area contributed by atoms with Crippen molar-refractivity contribution in [3.8, 4) is 0 Å². The van der Waals surface area contributed by atoms with Gasteiger partial charge in [-0.3, -0.25) is 14.4 Å². The molecule has 3 rings (SSSR count). The van der Waals surface area contributed by atoms with Crippen LogP contribution in [-0.2, 0) is 25.5 Å². The molecule has 2 aromatic carbocycles. The molecule has 2 N–H and O–H groups in total. The van der Waals surface area contributed by atoms with Crippen LogP contribution in [0.15, 0.2) is 34.9 Å². The fourth-order valence-electron chi connectivity index (χ4n) is 2.92. The average Bonchev–Trinajstić information content (AvgIpc) is 3.17. The van der Waals surface area contributed by atoms with Crippen LogP contribution >= 0.6 is 0 Å². The second-order valence-corrected chi connectivity index (χ2v) is 7.03. The third-order valence-electron chi connectivity index (χ3n) is 4.80. The number of carbonyl (C=O) groups is 3. The molecule has 0 radical (unpaired) electrons. The minimum absolute atomic E-state index is 0.112. The summed E-state index contributed by atoms with van der Waals surface area (Å²) in [5.41, 5.74) is 2.72. The maximum atomic E-state index is 13.5. The number of esters is 1. The Morgan fingerprint density at radius 3 is 2.50 bits per heavy atom. The van der Waals surface area contributed by atoms with E-state index >= 15 is 0 Å². The maximum absolute atomic E-state index is 13.5. The lowest BCUT2D eigenvalue weighted by Gasteiger charge is -2.09. The molecule has 0 unspecified atom stereocenters. The topological polar surface area (TPSA) is 97.6 Å². The van der Waals surface area contributed by atoms with Gasteiger partial charge in [0.1, 0.15) is 5.58 Å². The van der Waals surface area contributed by atoms with E-state index in [-0.39, 0.29) is 6.42 Å². The number of halogens is 3. The van der Waals surface area contributed by atoms with Gasteiger partial charge in [0.05, 0.1) is 24.9 Å². The van der Waals surface area contributed by atoms with Gasteiger partial charge in [-0.2, -0.15) is 0 Å². The molecule has 168 valence electrons. The number of anilines is 1. The quantitative estimate of drug-likeness (QED) is 0.427. The number of hydrogen-bond acceptors (Lipinski definition) is 5. The van der Waals surface area contributed by atoms with Gasteiger partial charge in [-0.1, -0.05) is 12.1 Å². The molecule has 32 heavy (non-hydrogen) atoms. The molecule has 0 spiro atoms. The Bertz CT molecular complexity index is 1210. The number of aryl methyl sites for hydroxylation is 2. The number of furan rings is 1. The first-order chi connectivity index (χ1) is 15.2. The molecule has 0 aliphatic carbocycles. The molecule has 0 aliphatic rings. The molecular formula is C22H19F3N2O5. The summed E-state index contributed by atoms with van der Waals surface area (Å²) in [5, 5.41) is 4.94. The number of hydrogen-bond donors (Lipinski definition) is 2. The molecule has 10 heteroatoms. The summed E-state index contributed by atoms with van der Waals surface area (Å²) in [6.07, 6.45) is 1.35. The summed E-state index contributed by atoms with van der Waals surface area (Å²) in [6.45, 7) is 2.61. The molecule has 0 saturated carbocycles. The fraction of sp³-hybridized carbons (Fsp3) is 0.227. The van der Waals surface area contributed by atoms with E-state index in [0.29, 0.717) is 17.2 Å². The van der Waals surface area contributed by atoms with Crippen LogP contribution < -0.4 is 10.6 Å². The van der Waals surface area contributed by atoms with Gasteiger partial charge >= 0.3 is 5.97 Å². The standard InChI is InChI=1S/C22H19F3N2O5/c1-11-3-4-14-13(9-32-22(14)12(11)2)7-19(30)31-10-18(29)26-8-17(28)27-16-6-5-15(23)20(24)21(16)25/h3-6,9H,7-8,10H2,1-2H3,(H,26,29)(H,27,28). The van der Waals surface area contributed by atoms with Gasteiger partial charge in [0.25, 0.3) is 5.91 Å². The van der Waals surface area contributed by atoms with Gasteiger partial charge in [0, 0.05) is 10.9 Å². The molecule has 0 saturated heterocycles. The number of carbonyl (C=O) groups excluding carboxylic acids is 3. The highest BCUT2D eigenvalue weighted by Crippen LogP contribution is 2.27. The molecule has 3 aromatic rings. The van der Waals surface area contributed by atoms with Crippen molar-refractivity contribution in [2.45, 2.75) is 20.3 Å². The van der Waals surface area contributed by atoms with Crippen LogP contribution in [0.4, 0.5) is 18.9 Å². The molecular weight excluding hydrogens is 429 g/mol. The van der Waals surface area contributed by atoms with Gasteiger partial charge in [-0.25, -0.2) is 13.2 Å². The van der Waals surface area contributed by atoms with E-state index in [1.165, 1.54) is 6.26 Å². The van der Waals surface area contributed by atoms with Gasteiger partial charge in [0.15, 0.2) is 24.1 Å². The molecule has 0 bridgehead atoms. The maximum Gasteiger partial charge on any atom is 0.310 e. The van der Waals surface area contributed by atoms with Gasteiger partial charge in [0.2, 0.25) is 5.91 Å². The van der Waals surface area contributed by atoms with Crippen molar-refractivity contribution in [2.75, 3.05) is 18.5 Å². The van der Waals surface area contributed by atoms with Crippen LogP contribution in [0.1, 0.15) is 16.7 Å². The summed E-state index contributed by atoms with van der Waals surface area (Å²) in [6, 6.07) is 5.24. The first-order valence-corrected chi connectivity index (χ1v) is 9.49. The Labute approximate surface area is 180 Å². The Kier molecular flexibility index (Phi) is 6.82. The van der Waals surface area contributed by atoms with E-state index in [9.17, 15) is 27.6 Å².